The van der Waals surface area contributed by atoms with E-state index in [4.69, 9.17) is 5.41 Å². The van der Waals surface area contributed by atoms with Gasteiger partial charge in [0.25, 0.3) is 0 Å². The summed E-state index contributed by atoms with van der Waals surface area (Å²) < 4.78 is 0. The second-order valence-electron chi connectivity index (χ2n) is 0.948. The normalized spacial score (nSPS) is 6.60. The summed E-state index contributed by atoms with van der Waals surface area (Å²) in [6, 6.07) is 0. The number of hydrogen-bond donors (Lipinski definition) is 1. The molecule has 0 aromatic heterocycles. The number of allylic oxidation sites excluding steroid dienone is 1. The highest BCUT2D eigenvalue weighted by atomic mass is 14.4. The van der Waals surface area contributed by atoms with E-state index >= 15 is 0 Å². The maximum absolute atomic E-state index is 5.09. The molecule has 0 aromatic carbocycles. The zero-order valence-electron chi connectivity index (χ0n) is 3.36. The average molecular weight is 70.1 g/mol. The van der Waals surface area contributed by atoms with Crippen molar-refractivity contribution in [3.8, 4) is 0 Å². The molecule has 28 valence electrons. The summed E-state index contributed by atoms with van der Waals surface area (Å²) in [5.74, 6) is 0. The highest BCUT2D eigenvalue weighted by Gasteiger charge is 1.71. The van der Waals surface area contributed by atoms with E-state index in [1.165, 1.54) is 0 Å². The Morgan fingerprint density at radius 1 is 2.00 bits per heavy atom. The van der Waals surface area contributed by atoms with Gasteiger partial charge < -0.3 is 0 Å². The Bertz CT molecular complexity index is 54.7. The standard InChI is InChI=1S/C4H7N/c1-3-4(2)5/h3,5H,1H2,2H3/p+1. The Kier molecular flexibility index (Phi) is 1.50. The topological polar surface area (TPSA) is 25.6 Å². The zero-order valence-corrected chi connectivity index (χ0v) is 3.36. The van der Waals surface area contributed by atoms with Crippen molar-refractivity contribution in [3.05, 3.63) is 12.7 Å². The molecule has 0 aliphatic rings. The average Bonchev–Trinajstić information content (AvgIpc) is 1.38. The molecule has 0 aliphatic carbocycles. The molecule has 0 atom stereocenters. The smallest absolute Gasteiger partial charge is 0.169 e. The van der Waals surface area contributed by atoms with Crippen LogP contribution < -0.4 is 5.41 Å². The largest absolute Gasteiger partial charge is 0.258 e. The van der Waals surface area contributed by atoms with Gasteiger partial charge in [0.2, 0.25) is 0 Å². The van der Waals surface area contributed by atoms with Crippen LogP contribution in [0.1, 0.15) is 6.92 Å². The summed E-state index contributed by atoms with van der Waals surface area (Å²) in [6.45, 7) is 5.20. The third-order valence-electron chi connectivity index (χ3n) is 0.322. The first-order valence-corrected chi connectivity index (χ1v) is 1.49. The van der Waals surface area contributed by atoms with Crippen LogP contribution in [-0.2, 0) is 0 Å². The van der Waals surface area contributed by atoms with Crippen LogP contribution in [0.2, 0.25) is 0 Å². The minimum absolute atomic E-state index is 0.769. The molecule has 0 unspecified atom stereocenters. The predicted octanol–water partition coefficient (Wildman–Crippen LogP) is -0.608. The molecule has 0 radical (unpaired) electrons. The fourth-order valence-corrected chi connectivity index (χ4v) is 0. The van der Waals surface area contributed by atoms with E-state index in [9.17, 15) is 0 Å². The maximum atomic E-state index is 5.09. The lowest BCUT2D eigenvalue weighted by Gasteiger charge is -1.60. The Morgan fingerprint density at radius 3 is 2.20 bits per heavy atom. The Labute approximate surface area is 31.8 Å². The molecule has 1 heteroatoms. The third kappa shape index (κ3) is 3.41. The number of nitrogens with two attached hydrogens (primary N) is 1. The van der Waals surface area contributed by atoms with Crippen molar-refractivity contribution < 1.29 is 5.41 Å². The number of hydrogen-bond acceptors (Lipinski definition) is 0. The summed E-state index contributed by atoms with van der Waals surface area (Å²) in [6.07, 6.45) is 1.61. The van der Waals surface area contributed by atoms with Crippen LogP contribution in [-0.4, -0.2) is 5.71 Å². The Balaban J connectivity index is 3.20. The highest BCUT2D eigenvalue weighted by Crippen LogP contribution is 1.55. The molecule has 2 N–H and O–H groups in total. The van der Waals surface area contributed by atoms with Crippen LogP contribution in [0, 0.1) is 0 Å². The van der Waals surface area contributed by atoms with Crippen molar-refractivity contribution in [2.24, 2.45) is 0 Å². The van der Waals surface area contributed by atoms with Crippen LogP contribution in [0.5, 0.6) is 0 Å². The third-order valence-corrected chi connectivity index (χ3v) is 0.322. The molecular weight excluding hydrogens is 62.1 g/mol. The van der Waals surface area contributed by atoms with Gasteiger partial charge in [0.15, 0.2) is 5.71 Å². The van der Waals surface area contributed by atoms with Crippen molar-refractivity contribution in [1.82, 2.24) is 0 Å². The summed E-state index contributed by atoms with van der Waals surface area (Å²) in [5, 5.41) is 5.09. The lowest BCUT2D eigenvalue weighted by molar-refractivity contribution is -0.112. The van der Waals surface area contributed by atoms with E-state index in [0.29, 0.717) is 0 Å². The lowest BCUT2D eigenvalue weighted by Crippen LogP contribution is -2.35. The highest BCUT2D eigenvalue weighted by molar-refractivity contribution is 5.86. The second kappa shape index (κ2) is 1.70. The summed E-state index contributed by atoms with van der Waals surface area (Å²) in [5.41, 5.74) is 0.769. The SMILES string of the molecule is C=CC(C)=[NH2+]. The van der Waals surface area contributed by atoms with Gasteiger partial charge in [-0.15, -0.1) is 0 Å². The molecule has 0 rings (SSSR count). The Morgan fingerprint density at radius 2 is 2.20 bits per heavy atom. The van der Waals surface area contributed by atoms with E-state index in [1.54, 1.807) is 13.0 Å². The maximum Gasteiger partial charge on any atom is 0.169 e. The van der Waals surface area contributed by atoms with Crippen LogP contribution >= 0.6 is 0 Å². The van der Waals surface area contributed by atoms with Gasteiger partial charge in [0, 0.05) is 6.92 Å². The van der Waals surface area contributed by atoms with E-state index in [2.05, 4.69) is 6.58 Å². The molecule has 0 fully saturated rings. The molecule has 0 aromatic rings. The first-order chi connectivity index (χ1) is 2.27. The zero-order chi connectivity index (χ0) is 4.28. The molecule has 5 heavy (non-hydrogen) atoms. The van der Waals surface area contributed by atoms with Gasteiger partial charge in [-0.3, -0.25) is 5.41 Å². The molecule has 1 nitrogen and oxygen atoms in total. The van der Waals surface area contributed by atoms with Crippen molar-refractivity contribution in [2.45, 2.75) is 6.92 Å². The van der Waals surface area contributed by atoms with Crippen LogP contribution in [0.25, 0.3) is 0 Å². The number of rotatable bonds is 1. The second-order valence-corrected chi connectivity index (χ2v) is 0.948. The van der Waals surface area contributed by atoms with Crippen LogP contribution in [0.3, 0.4) is 0 Å². The molecule has 0 saturated heterocycles. The molecule has 0 bridgehead atoms. The van der Waals surface area contributed by atoms with Crippen LogP contribution in [0.15, 0.2) is 12.7 Å². The van der Waals surface area contributed by atoms with E-state index in [-0.39, 0.29) is 0 Å². The quantitative estimate of drug-likeness (QED) is 0.398. The van der Waals surface area contributed by atoms with Gasteiger partial charge in [0.1, 0.15) is 0 Å². The van der Waals surface area contributed by atoms with Crippen molar-refractivity contribution in [3.63, 3.8) is 0 Å². The van der Waals surface area contributed by atoms with E-state index in [1.807, 2.05) is 0 Å². The van der Waals surface area contributed by atoms with Gasteiger partial charge in [-0.2, -0.15) is 0 Å². The van der Waals surface area contributed by atoms with Crippen molar-refractivity contribution in [2.75, 3.05) is 0 Å². The van der Waals surface area contributed by atoms with Crippen molar-refractivity contribution in [1.29, 1.82) is 0 Å². The summed E-state index contributed by atoms with van der Waals surface area (Å²) in [7, 11) is 0. The molecule has 0 amide bonds. The molecular formula is C4H8N+. The molecule has 0 spiro atoms. The lowest BCUT2D eigenvalue weighted by atomic mass is 10.4. The van der Waals surface area contributed by atoms with Gasteiger partial charge in [-0.25, -0.2) is 0 Å². The molecule has 0 saturated carbocycles. The fraction of sp³-hybridized carbons (Fsp3) is 0.250. The van der Waals surface area contributed by atoms with E-state index < -0.39 is 0 Å². The van der Waals surface area contributed by atoms with Gasteiger partial charge in [-0.1, -0.05) is 6.58 Å². The van der Waals surface area contributed by atoms with Crippen LogP contribution in [0.4, 0.5) is 0 Å². The van der Waals surface area contributed by atoms with Gasteiger partial charge in [-0.05, 0) is 6.08 Å². The van der Waals surface area contributed by atoms with Gasteiger partial charge >= 0.3 is 0 Å². The summed E-state index contributed by atoms with van der Waals surface area (Å²) >= 11 is 0. The van der Waals surface area contributed by atoms with E-state index in [0.717, 1.165) is 5.71 Å². The van der Waals surface area contributed by atoms with Crippen molar-refractivity contribution >= 4 is 5.71 Å². The minimum Gasteiger partial charge on any atom is -0.258 e. The fourth-order valence-electron chi connectivity index (χ4n) is 0. The van der Waals surface area contributed by atoms with Gasteiger partial charge in [0.05, 0.1) is 0 Å². The first-order valence-electron chi connectivity index (χ1n) is 1.49. The predicted molar refractivity (Wildman–Crippen MR) is 22.8 cm³/mol. The molecule has 0 heterocycles. The minimum atomic E-state index is 0.769. The monoisotopic (exact) mass is 70.1 g/mol. The summed E-state index contributed by atoms with van der Waals surface area (Å²) in [4.78, 5) is 0. The Hall–Kier alpha value is -0.590. The first kappa shape index (κ1) is 4.41. The molecule has 0 aliphatic heterocycles.